The van der Waals surface area contributed by atoms with Crippen molar-refractivity contribution < 1.29 is 9.53 Å². The molecule has 14 heavy (non-hydrogen) atoms. The van der Waals surface area contributed by atoms with Gasteiger partial charge in [0, 0.05) is 13.0 Å². The van der Waals surface area contributed by atoms with Gasteiger partial charge in [0.05, 0.1) is 0 Å². The Hall–Kier alpha value is -0.370. The van der Waals surface area contributed by atoms with Crippen LogP contribution in [0.5, 0.6) is 0 Å². The Balaban J connectivity index is 2.39. The molecule has 0 amide bonds. The van der Waals surface area contributed by atoms with Gasteiger partial charge in [-0.3, -0.25) is 4.79 Å². The summed E-state index contributed by atoms with van der Waals surface area (Å²) in [6, 6.07) is 0. The maximum atomic E-state index is 11.9. The second kappa shape index (κ2) is 4.92. The third-order valence-electron chi connectivity index (χ3n) is 3.13. The van der Waals surface area contributed by atoms with Crippen LogP contribution in [0.15, 0.2) is 0 Å². The highest BCUT2D eigenvalue weighted by atomic mass is 16.5. The minimum absolute atomic E-state index is 0.270. The Morgan fingerprint density at radius 3 is 2.43 bits per heavy atom. The van der Waals surface area contributed by atoms with E-state index in [-0.39, 0.29) is 5.78 Å². The number of ketones is 1. The molecule has 0 heterocycles. The van der Waals surface area contributed by atoms with Crippen molar-refractivity contribution in [1.82, 2.24) is 0 Å². The molecule has 1 aliphatic carbocycles. The van der Waals surface area contributed by atoms with Crippen LogP contribution >= 0.6 is 0 Å². The van der Waals surface area contributed by atoms with Gasteiger partial charge in [0.1, 0.15) is 5.60 Å². The Kier molecular flexibility index (Phi) is 4.11. The molecule has 0 aromatic carbocycles. The fourth-order valence-corrected chi connectivity index (χ4v) is 2.16. The molecule has 0 radical (unpaired) electrons. The molecule has 0 saturated heterocycles. The van der Waals surface area contributed by atoms with Gasteiger partial charge >= 0.3 is 0 Å². The van der Waals surface area contributed by atoms with Crippen molar-refractivity contribution >= 4 is 5.78 Å². The highest BCUT2D eigenvalue weighted by Crippen LogP contribution is 2.29. The van der Waals surface area contributed by atoms with Crippen molar-refractivity contribution in [3.63, 3.8) is 0 Å². The summed E-state index contributed by atoms with van der Waals surface area (Å²) >= 11 is 0. The molecule has 0 aromatic heterocycles. The van der Waals surface area contributed by atoms with Crippen molar-refractivity contribution in [3.05, 3.63) is 0 Å². The molecule has 2 nitrogen and oxygen atoms in total. The van der Waals surface area contributed by atoms with E-state index in [2.05, 4.69) is 0 Å². The van der Waals surface area contributed by atoms with Gasteiger partial charge in [-0.25, -0.2) is 0 Å². The average Bonchev–Trinajstić information content (AvgIpc) is 2.56. The second-order valence-corrected chi connectivity index (χ2v) is 4.72. The summed E-state index contributed by atoms with van der Waals surface area (Å²) in [5, 5.41) is 0. The molecule has 1 rings (SSSR count). The van der Waals surface area contributed by atoms with Crippen molar-refractivity contribution in [3.8, 4) is 0 Å². The number of ether oxygens (including phenoxy) is 1. The molecule has 0 bridgehead atoms. The third kappa shape index (κ3) is 3.09. The summed E-state index contributed by atoms with van der Waals surface area (Å²) in [5.41, 5.74) is -0.572. The van der Waals surface area contributed by atoms with Crippen LogP contribution in [0.1, 0.15) is 52.9 Å². The molecule has 1 aliphatic rings. The van der Waals surface area contributed by atoms with E-state index in [0.29, 0.717) is 18.9 Å². The van der Waals surface area contributed by atoms with Gasteiger partial charge < -0.3 is 4.74 Å². The van der Waals surface area contributed by atoms with Gasteiger partial charge in [0.25, 0.3) is 0 Å². The van der Waals surface area contributed by atoms with E-state index in [9.17, 15) is 4.79 Å². The van der Waals surface area contributed by atoms with Crippen LogP contribution in [0.4, 0.5) is 0 Å². The standard InChI is InChI=1S/C12H22O2/c1-4-14-12(2,3)11(13)9-10-7-5-6-8-10/h10H,4-9H2,1-3H3. The predicted molar refractivity (Wildman–Crippen MR) is 57.3 cm³/mol. The molecule has 82 valence electrons. The van der Waals surface area contributed by atoms with Crippen LogP contribution in [0.2, 0.25) is 0 Å². The molecule has 0 N–H and O–H groups in total. The molecular formula is C12H22O2. The zero-order chi connectivity index (χ0) is 10.6. The summed E-state index contributed by atoms with van der Waals surface area (Å²) in [6.45, 7) is 6.32. The fourth-order valence-electron chi connectivity index (χ4n) is 2.16. The average molecular weight is 198 g/mol. The van der Waals surface area contributed by atoms with Crippen LogP contribution in [0.3, 0.4) is 0 Å². The number of rotatable bonds is 5. The maximum Gasteiger partial charge on any atom is 0.164 e. The monoisotopic (exact) mass is 198 g/mol. The van der Waals surface area contributed by atoms with Crippen molar-refractivity contribution in [2.75, 3.05) is 6.61 Å². The minimum Gasteiger partial charge on any atom is -0.368 e. The number of Topliss-reactive ketones (excluding diaryl/α,β-unsaturated/α-hetero) is 1. The van der Waals surface area contributed by atoms with Crippen LogP contribution in [0.25, 0.3) is 0 Å². The van der Waals surface area contributed by atoms with Gasteiger partial charge in [-0.15, -0.1) is 0 Å². The summed E-state index contributed by atoms with van der Waals surface area (Å²) in [7, 11) is 0. The van der Waals surface area contributed by atoms with Crippen LogP contribution in [0, 0.1) is 5.92 Å². The molecule has 1 saturated carbocycles. The van der Waals surface area contributed by atoms with Gasteiger partial charge in [0.15, 0.2) is 5.78 Å². The van der Waals surface area contributed by atoms with Crippen molar-refractivity contribution in [2.45, 2.75) is 58.5 Å². The van der Waals surface area contributed by atoms with Crippen LogP contribution in [-0.2, 0) is 9.53 Å². The predicted octanol–water partition coefficient (Wildman–Crippen LogP) is 2.95. The van der Waals surface area contributed by atoms with Crippen molar-refractivity contribution in [2.24, 2.45) is 5.92 Å². The molecule has 0 spiro atoms. The SMILES string of the molecule is CCOC(C)(C)C(=O)CC1CCCC1. The lowest BCUT2D eigenvalue weighted by atomic mass is 9.92. The lowest BCUT2D eigenvalue weighted by Gasteiger charge is -2.24. The van der Waals surface area contributed by atoms with E-state index < -0.39 is 5.60 Å². The minimum atomic E-state index is -0.572. The van der Waals surface area contributed by atoms with Crippen LogP contribution < -0.4 is 0 Å². The highest BCUT2D eigenvalue weighted by molar-refractivity contribution is 5.86. The molecule has 1 fully saturated rings. The Labute approximate surface area is 87.0 Å². The first-order chi connectivity index (χ1) is 6.56. The molecule has 0 atom stereocenters. The Morgan fingerprint density at radius 1 is 1.36 bits per heavy atom. The molecule has 0 aliphatic heterocycles. The largest absolute Gasteiger partial charge is 0.368 e. The molecule has 2 heteroatoms. The number of hydrogen-bond donors (Lipinski definition) is 0. The molecule has 0 aromatic rings. The number of carbonyl (C=O) groups is 1. The Bertz CT molecular complexity index is 190. The van der Waals surface area contributed by atoms with Gasteiger partial charge in [0.2, 0.25) is 0 Å². The summed E-state index contributed by atoms with van der Waals surface area (Å²) in [4.78, 5) is 11.9. The topological polar surface area (TPSA) is 26.3 Å². The van der Waals surface area contributed by atoms with E-state index in [1.807, 2.05) is 20.8 Å². The first kappa shape index (κ1) is 11.7. The van der Waals surface area contributed by atoms with E-state index in [4.69, 9.17) is 4.74 Å². The highest BCUT2D eigenvalue weighted by Gasteiger charge is 2.30. The first-order valence-electron chi connectivity index (χ1n) is 5.73. The summed E-state index contributed by atoms with van der Waals surface area (Å²) in [5.74, 6) is 0.897. The molecule has 0 unspecified atom stereocenters. The third-order valence-corrected chi connectivity index (χ3v) is 3.13. The summed E-state index contributed by atoms with van der Waals surface area (Å²) < 4.78 is 5.45. The first-order valence-corrected chi connectivity index (χ1v) is 5.73. The second-order valence-electron chi connectivity index (χ2n) is 4.72. The van der Waals surface area contributed by atoms with Gasteiger partial charge in [-0.05, 0) is 26.7 Å². The zero-order valence-electron chi connectivity index (χ0n) is 9.64. The van der Waals surface area contributed by atoms with Gasteiger partial charge in [-0.1, -0.05) is 25.7 Å². The quantitative estimate of drug-likeness (QED) is 0.679. The number of carbonyl (C=O) groups excluding carboxylic acids is 1. The summed E-state index contributed by atoms with van der Waals surface area (Å²) in [6.07, 6.45) is 5.77. The van der Waals surface area contributed by atoms with Crippen LogP contribution in [-0.4, -0.2) is 18.0 Å². The van der Waals surface area contributed by atoms with E-state index in [0.717, 1.165) is 0 Å². The lowest BCUT2D eigenvalue weighted by molar-refractivity contribution is -0.140. The Morgan fingerprint density at radius 2 is 1.93 bits per heavy atom. The van der Waals surface area contributed by atoms with E-state index in [1.54, 1.807) is 0 Å². The maximum absolute atomic E-state index is 11.9. The number of hydrogen-bond acceptors (Lipinski definition) is 2. The van der Waals surface area contributed by atoms with E-state index in [1.165, 1.54) is 25.7 Å². The fraction of sp³-hybridized carbons (Fsp3) is 0.917. The van der Waals surface area contributed by atoms with Crippen molar-refractivity contribution in [1.29, 1.82) is 0 Å². The lowest BCUT2D eigenvalue weighted by Crippen LogP contribution is -2.36. The zero-order valence-corrected chi connectivity index (χ0v) is 9.64. The van der Waals surface area contributed by atoms with E-state index >= 15 is 0 Å². The normalized spacial score (nSPS) is 18.8. The van der Waals surface area contributed by atoms with Gasteiger partial charge in [-0.2, -0.15) is 0 Å². The smallest absolute Gasteiger partial charge is 0.164 e. The molecular weight excluding hydrogens is 176 g/mol.